The summed E-state index contributed by atoms with van der Waals surface area (Å²) in [7, 11) is 0. The number of carbonyl (C=O) groups excluding carboxylic acids is 2. The lowest BCUT2D eigenvalue weighted by Gasteiger charge is -2.14. The third-order valence-corrected chi connectivity index (χ3v) is 3.26. The highest BCUT2D eigenvalue weighted by Gasteiger charge is 2.28. The van der Waals surface area contributed by atoms with Crippen LogP contribution in [0.4, 0.5) is 17.6 Å². The van der Waals surface area contributed by atoms with Crippen LogP contribution in [0.3, 0.4) is 0 Å². The number of halogens is 4. The number of ether oxygens (including phenoxy) is 1. The van der Waals surface area contributed by atoms with E-state index in [4.69, 9.17) is 5.11 Å². The molecule has 1 aromatic carbocycles. The smallest absolute Gasteiger partial charge is 0.343 e. The number of Topliss-reactive ketones (excluding diaryl/α,β-unsaturated/α-hetero) is 1. The summed E-state index contributed by atoms with van der Waals surface area (Å²) in [5, 5.41) is 11.6. The van der Waals surface area contributed by atoms with Gasteiger partial charge in [0.1, 0.15) is 5.57 Å². The topological polar surface area (TPSA) is 75.6 Å². The van der Waals surface area contributed by atoms with Crippen LogP contribution in [-0.4, -0.2) is 36.1 Å². The van der Waals surface area contributed by atoms with Crippen molar-refractivity contribution in [1.29, 1.82) is 0 Å². The molecule has 0 heterocycles. The van der Waals surface area contributed by atoms with E-state index in [2.05, 4.69) is 10.1 Å². The van der Waals surface area contributed by atoms with Gasteiger partial charge in [0.25, 0.3) is 0 Å². The molecular formula is C16H17F4NO4. The van der Waals surface area contributed by atoms with E-state index in [1.54, 1.807) is 6.92 Å². The molecule has 0 aromatic heterocycles. The number of nitrogens with one attached hydrogen (secondary N) is 1. The maximum absolute atomic E-state index is 13.8. The van der Waals surface area contributed by atoms with Gasteiger partial charge in [0.2, 0.25) is 5.78 Å². The maximum atomic E-state index is 13.8. The first-order chi connectivity index (χ1) is 11.8. The fraction of sp³-hybridized carbons (Fsp3) is 0.375. The summed E-state index contributed by atoms with van der Waals surface area (Å²) in [6.45, 7) is 2.71. The number of benzene rings is 1. The molecule has 0 amide bonds. The highest BCUT2D eigenvalue weighted by Crippen LogP contribution is 2.21. The Hall–Kier alpha value is -2.42. The first kappa shape index (κ1) is 20.6. The van der Waals surface area contributed by atoms with Crippen molar-refractivity contribution in [2.75, 3.05) is 13.2 Å². The predicted octanol–water partition coefficient (Wildman–Crippen LogP) is 2.23. The summed E-state index contributed by atoms with van der Waals surface area (Å²) >= 11 is 0. The van der Waals surface area contributed by atoms with Gasteiger partial charge < -0.3 is 15.2 Å². The van der Waals surface area contributed by atoms with Gasteiger partial charge in [-0.2, -0.15) is 0 Å². The molecule has 1 atom stereocenters. The van der Waals surface area contributed by atoms with Gasteiger partial charge >= 0.3 is 5.97 Å². The summed E-state index contributed by atoms with van der Waals surface area (Å²) in [6.07, 6.45) is 1.29. The Balaban J connectivity index is 3.33. The third-order valence-electron chi connectivity index (χ3n) is 3.26. The minimum absolute atomic E-state index is 0.116. The zero-order valence-corrected chi connectivity index (χ0v) is 13.5. The molecule has 1 aromatic rings. The Morgan fingerprint density at radius 2 is 1.84 bits per heavy atom. The zero-order valence-electron chi connectivity index (χ0n) is 13.5. The lowest BCUT2D eigenvalue weighted by molar-refractivity contribution is -0.138. The normalized spacial score (nSPS) is 12.7. The number of aliphatic hydroxyl groups is 1. The Morgan fingerprint density at radius 1 is 1.20 bits per heavy atom. The van der Waals surface area contributed by atoms with Gasteiger partial charge in [-0.1, -0.05) is 6.92 Å². The van der Waals surface area contributed by atoms with Gasteiger partial charge in [0.15, 0.2) is 23.3 Å². The van der Waals surface area contributed by atoms with Crippen LogP contribution in [0.2, 0.25) is 0 Å². The minimum atomic E-state index is -2.17. The van der Waals surface area contributed by atoms with Crippen LogP contribution >= 0.6 is 0 Å². The van der Waals surface area contributed by atoms with Crippen LogP contribution in [0, 0.1) is 23.3 Å². The zero-order chi connectivity index (χ0) is 19.1. The molecule has 5 nitrogen and oxygen atoms in total. The number of aliphatic hydroxyl groups excluding tert-OH is 1. The summed E-state index contributed by atoms with van der Waals surface area (Å²) < 4.78 is 58.1. The highest BCUT2D eigenvalue weighted by atomic mass is 19.2. The van der Waals surface area contributed by atoms with Crippen molar-refractivity contribution in [3.8, 4) is 0 Å². The van der Waals surface area contributed by atoms with Gasteiger partial charge in [-0.3, -0.25) is 4.79 Å². The van der Waals surface area contributed by atoms with Crippen LogP contribution < -0.4 is 5.32 Å². The molecule has 1 unspecified atom stereocenters. The van der Waals surface area contributed by atoms with E-state index >= 15 is 0 Å². The summed E-state index contributed by atoms with van der Waals surface area (Å²) in [5.41, 5.74) is -1.91. The van der Waals surface area contributed by atoms with Crippen molar-refractivity contribution >= 4 is 11.8 Å². The van der Waals surface area contributed by atoms with Gasteiger partial charge in [0, 0.05) is 12.2 Å². The molecule has 0 saturated carbocycles. The fourth-order valence-electron chi connectivity index (χ4n) is 1.81. The number of ketones is 1. The van der Waals surface area contributed by atoms with Gasteiger partial charge in [-0.05, 0) is 19.4 Å². The molecule has 0 radical (unpaired) electrons. The summed E-state index contributed by atoms with van der Waals surface area (Å²) in [5.74, 6) is -10.5. The van der Waals surface area contributed by atoms with E-state index in [9.17, 15) is 27.2 Å². The molecule has 0 fully saturated rings. The molecule has 2 N–H and O–H groups in total. The maximum Gasteiger partial charge on any atom is 0.343 e. The molecule has 0 aliphatic heterocycles. The van der Waals surface area contributed by atoms with Crippen molar-refractivity contribution < 1.29 is 37.0 Å². The van der Waals surface area contributed by atoms with Gasteiger partial charge in [0.05, 0.1) is 18.8 Å². The second-order valence-electron chi connectivity index (χ2n) is 4.91. The van der Waals surface area contributed by atoms with E-state index in [1.165, 1.54) is 6.92 Å². The second-order valence-corrected chi connectivity index (χ2v) is 4.91. The average Bonchev–Trinajstić information content (AvgIpc) is 2.59. The fourth-order valence-corrected chi connectivity index (χ4v) is 1.81. The number of carbonyl (C=O) groups is 2. The van der Waals surface area contributed by atoms with Crippen molar-refractivity contribution in [2.24, 2.45) is 0 Å². The molecular weight excluding hydrogens is 346 g/mol. The lowest BCUT2D eigenvalue weighted by atomic mass is 10.0. The Bertz CT molecular complexity index is 687. The molecule has 0 bridgehead atoms. The highest BCUT2D eigenvalue weighted by molar-refractivity contribution is 6.24. The van der Waals surface area contributed by atoms with E-state index < -0.39 is 52.2 Å². The SMILES string of the molecule is CCOC(=O)/C(=C\NC(CC)CO)C(=O)c1cc(F)c(F)c(F)c1F. The number of hydrogen-bond acceptors (Lipinski definition) is 5. The van der Waals surface area contributed by atoms with Crippen LogP contribution in [0.15, 0.2) is 17.8 Å². The van der Waals surface area contributed by atoms with Crippen LogP contribution in [0.25, 0.3) is 0 Å². The van der Waals surface area contributed by atoms with Crippen molar-refractivity contribution in [1.82, 2.24) is 5.32 Å². The first-order valence-corrected chi connectivity index (χ1v) is 7.40. The minimum Gasteiger partial charge on any atom is -0.462 e. The van der Waals surface area contributed by atoms with Crippen LogP contribution in [0.1, 0.15) is 30.6 Å². The van der Waals surface area contributed by atoms with E-state index in [0.717, 1.165) is 6.20 Å². The van der Waals surface area contributed by atoms with Crippen molar-refractivity contribution in [3.05, 3.63) is 46.7 Å². The van der Waals surface area contributed by atoms with E-state index in [-0.39, 0.29) is 19.3 Å². The Morgan fingerprint density at radius 3 is 2.36 bits per heavy atom. The van der Waals surface area contributed by atoms with Crippen LogP contribution in [-0.2, 0) is 9.53 Å². The lowest BCUT2D eigenvalue weighted by Crippen LogP contribution is -2.30. The molecule has 0 aliphatic rings. The quantitative estimate of drug-likeness (QED) is 0.108. The second kappa shape index (κ2) is 9.16. The number of rotatable bonds is 8. The monoisotopic (exact) mass is 363 g/mol. The number of esters is 1. The molecule has 0 aliphatic carbocycles. The summed E-state index contributed by atoms with van der Waals surface area (Å²) in [6, 6.07) is -0.365. The van der Waals surface area contributed by atoms with Crippen molar-refractivity contribution in [2.45, 2.75) is 26.3 Å². The van der Waals surface area contributed by atoms with E-state index in [0.29, 0.717) is 6.42 Å². The molecule has 9 heteroatoms. The van der Waals surface area contributed by atoms with E-state index in [1.807, 2.05) is 0 Å². The standard InChI is InChI=1S/C16H17F4NO4/c1-3-8(7-22)21-6-10(16(24)25-4-2)15(23)9-5-11(17)13(19)14(20)12(9)18/h5-6,8,21-22H,3-4,7H2,1-2H3/b10-6-. The largest absolute Gasteiger partial charge is 0.462 e. The van der Waals surface area contributed by atoms with Gasteiger partial charge in [-0.25, -0.2) is 22.4 Å². The first-order valence-electron chi connectivity index (χ1n) is 7.40. The number of hydrogen-bond donors (Lipinski definition) is 2. The summed E-state index contributed by atoms with van der Waals surface area (Å²) in [4.78, 5) is 24.2. The van der Waals surface area contributed by atoms with Gasteiger partial charge in [-0.15, -0.1) is 0 Å². The predicted molar refractivity (Wildman–Crippen MR) is 79.6 cm³/mol. The molecule has 138 valence electrons. The molecule has 0 saturated heterocycles. The molecule has 25 heavy (non-hydrogen) atoms. The molecule has 1 rings (SSSR count). The third kappa shape index (κ3) is 4.79. The van der Waals surface area contributed by atoms with Crippen LogP contribution in [0.5, 0.6) is 0 Å². The van der Waals surface area contributed by atoms with Crippen molar-refractivity contribution in [3.63, 3.8) is 0 Å². The Labute approximate surface area is 141 Å². The molecule has 0 spiro atoms. The average molecular weight is 363 g/mol. The Kier molecular flexibility index (Phi) is 7.56.